The predicted molar refractivity (Wildman–Crippen MR) is 101 cm³/mol. The molecule has 0 unspecified atom stereocenters. The van der Waals surface area contributed by atoms with Crippen LogP contribution in [0.5, 0.6) is 0 Å². The standard InChI is InChI=1S/C23H32O2/c1-5-25-17-10-12-22(3)16(14-17)6-7-18-20-9-8-19(15(2)24)23(20,4)13-11-21(18)22/h6,8,14,18,20-21H,5,7,9-13H2,1-4H3/t18-,20-,21-,22-,23+/m0/s1. The minimum atomic E-state index is 0.121. The summed E-state index contributed by atoms with van der Waals surface area (Å²) in [7, 11) is 0. The van der Waals surface area contributed by atoms with E-state index < -0.39 is 0 Å². The summed E-state index contributed by atoms with van der Waals surface area (Å²) < 4.78 is 5.81. The van der Waals surface area contributed by atoms with E-state index >= 15 is 0 Å². The highest BCUT2D eigenvalue weighted by Crippen LogP contribution is 2.64. The van der Waals surface area contributed by atoms with Crippen LogP contribution in [0.2, 0.25) is 0 Å². The fourth-order valence-electron chi connectivity index (χ4n) is 6.71. The minimum absolute atomic E-state index is 0.121. The fourth-order valence-corrected chi connectivity index (χ4v) is 6.71. The Balaban J connectivity index is 1.65. The number of allylic oxidation sites excluding steroid dienone is 6. The second kappa shape index (κ2) is 5.86. The molecule has 5 atom stereocenters. The van der Waals surface area contributed by atoms with Crippen LogP contribution < -0.4 is 0 Å². The average Bonchev–Trinajstić information content (AvgIpc) is 2.93. The molecule has 0 aliphatic heterocycles. The Bertz CT molecular complexity index is 682. The molecule has 4 rings (SSSR count). The van der Waals surface area contributed by atoms with Gasteiger partial charge in [0.15, 0.2) is 5.78 Å². The summed E-state index contributed by atoms with van der Waals surface area (Å²) >= 11 is 0. The highest BCUT2D eigenvalue weighted by molar-refractivity contribution is 5.95. The first-order valence-corrected chi connectivity index (χ1v) is 10.2. The van der Waals surface area contributed by atoms with Crippen molar-refractivity contribution >= 4 is 5.78 Å². The zero-order valence-corrected chi connectivity index (χ0v) is 16.2. The van der Waals surface area contributed by atoms with Crippen LogP contribution in [0.1, 0.15) is 66.2 Å². The van der Waals surface area contributed by atoms with E-state index in [9.17, 15) is 4.79 Å². The highest BCUT2D eigenvalue weighted by Gasteiger charge is 2.56. The lowest BCUT2D eigenvalue weighted by Gasteiger charge is -2.56. The maximum Gasteiger partial charge on any atom is 0.156 e. The molecule has 2 nitrogen and oxygen atoms in total. The topological polar surface area (TPSA) is 26.3 Å². The van der Waals surface area contributed by atoms with Gasteiger partial charge in [-0.3, -0.25) is 4.79 Å². The van der Waals surface area contributed by atoms with E-state index in [1.165, 1.54) is 37.0 Å². The van der Waals surface area contributed by atoms with E-state index in [2.05, 4.69) is 39.0 Å². The Morgan fingerprint density at radius 3 is 2.68 bits per heavy atom. The minimum Gasteiger partial charge on any atom is -0.498 e. The van der Waals surface area contributed by atoms with Crippen LogP contribution in [0.3, 0.4) is 0 Å². The summed E-state index contributed by atoms with van der Waals surface area (Å²) in [6, 6.07) is 0. The van der Waals surface area contributed by atoms with Gasteiger partial charge in [-0.1, -0.05) is 26.0 Å². The molecule has 0 heterocycles. The van der Waals surface area contributed by atoms with Gasteiger partial charge in [0.2, 0.25) is 0 Å². The Kier molecular flexibility index (Phi) is 4.01. The summed E-state index contributed by atoms with van der Waals surface area (Å²) in [6.07, 6.45) is 14.1. The zero-order valence-electron chi connectivity index (χ0n) is 16.2. The van der Waals surface area contributed by atoms with Gasteiger partial charge in [0.1, 0.15) is 0 Å². The highest BCUT2D eigenvalue weighted by atomic mass is 16.5. The number of ketones is 1. The lowest BCUT2D eigenvalue weighted by Crippen LogP contribution is -2.49. The molecule has 0 aromatic carbocycles. The van der Waals surface area contributed by atoms with E-state index in [4.69, 9.17) is 4.74 Å². The van der Waals surface area contributed by atoms with Crippen LogP contribution in [0.15, 0.2) is 35.1 Å². The summed E-state index contributed by atoms with van der Waals surface area (Å²) in [5, 5.41) is 0. The summed E-state index contributed by atoms with van der Waals surface area (Å²) in [5.41, 5.74) is 3.06. The lowest BCUT2D eigenvalue weighted by molar-refractivity contribution is -0.115. The van der Waals surface area contributed by atoms with Gasteiger partial charge >= 0.3 is 0 Å². The molecule has 0 bridgehead atoms. The number of rotatable bonds is 3. The molecule has 25 heavy (non-hydrogen) atoms. The van der Waals surface area contributed by atoms with Crippen molar-refractivity contribution in [3.8, 4) is 0 Å². The second-order valence-corrected chi connectivity index (χ2v) is 9.10. The molecule has 1 fully saturated rings. The second-order valence-electron chi connectivity index (χ2n) is 9.10. The third kappa shape index (κ3) is 2.39. The molecule has 0 aromatic rings. The third-order valence-electron chi connectivity index (χ3n) is 8.02. The van der Waals surface area contributed by atoms with Crippen LogP contribution in [0, 0.1) is 28.6 Å². The lowest BCUT2D eigenvalue weighted by atomic mass is 9.48. The molecule has 0 spiro atoms. The molecule has 4 aliphatic carbocycles. The first kappa shape index (κ1) is 17.1. The maximum atomic E-state index is 12.2. The Labute approximate surface area is 152 Å². The first-order valence-electron chi connectivity index (χ1n) is 10.2. The van der Waals surface area contributed by atoms with Crippen molar-refractivity contribution in [3.63, 3.8) is 0 Å². The van der Waals surface area contributed by atoms with Gasteiger partial charge in [0.25, 0.3) is 0 Å². The quantitative estimate of drug-likeness (QED) is 0.668. The Hall–Kier alpha value is -1.31. The normalized spacial score (nSPS) is 42.4. The fraction of sp³-hybridized carbons (Fsp3) is 0.696. The molecule has 1 saturated carbocycles. The first-order chi connectivity index (χ1) is 11.9. The van der Waals surface area contributed by atoms with Crippen molar-refractivity contribution in [2.75, 3.05) is 6.61 Å². The number of fused-ring (bicyclic) bond motifs is 5. The molecule has 136 valence electrons. The molecular weight excluding hydrogens is 308 g/mol. The number of hydrogen-bond donors (Lipinski definition) is 0. The monoisotopic (exact) mass is 340 g/mol. The van der Waals surface area contributed by atoms with Gasteiger partial charge in [-0.25, -0.2) is 0 Å². The summed E-state index contributed by atoms with van der Waals surface area (Å²) in [5.74, 6) is 3.60. The van der Waals surface area contributed by atoms with E-state index in [1.807, 2.05) is 0 Å². The van der Waals surface area contributed by atoms with Gasteiger partial charge in [-0.2, -0.15) is 0 Å². The number of ether oxygens (including phenoxy) is 1. The van der Waals surface area contributed by atoms with Crippen LogP contribution >= 0.6 is 0 Å². The van der Waals surface area contributed by atoms with Crippen molar-refractivity contribution in [3.05, 3.63) is 35.1 Å². The molecule has 0 radical (unpaired) electrons. The van der Waals surface area contributed by atoms with Crippen LogP contribution in [0.4, 0.5) is 0 Å². The van der Waals surface area contributed by atoms with Gasteiger partial charge in [0.05, 0.1) is 12.4 Å². The van der Waals surface area contributed by atoms with Gasteiger partial charge in [-0.15, -0.1) is 0 Å². The number of Topliss-reactive ketones (excluding diaryl/α,β-unsaturated/α-hetero) is 1. The molecule has 0 saturated heterocycles. The molecule has 0 amide bonds. The molecule has 0 N–H and O–H groups in total. The molecular formula is C23H32O2. The van der Waals surface area contributed by atoms with Gasteiger partial charge < -0.3 is 4.74 Å². The van der Waals surface area contributed by atoms with Crippen LogP contribution in [-0.4, -0.2) is 12.4 Å². The van der Waals surface area contributed by atoms with Crippen molar-refractivity contribution < 1.29 is 9.53 Å². The van der Waals surface area contributed by atoms with Gasteiger partial charge in [-0.05, 0) is 91.8 Å². The van der Waals surface area contributed by atoms with E-state index in [-0.39, 0.29) is 5.41 Å². The van der Waals surface area contributed by atoms with E-state index in [0.717, 1.165) is 36.9 Å². The van der Waals surface area contributed by atoms with Crippen molar-refractivity contribution in [2.24, 2.45) is 28.6 Å². The SMILES string of the molecule is CCOC1=CC2=CC[C@@H]3[C@H](CC[C@]4(C)C(C(C)=O)=CC[C@@H]34)[C@@]2(C)CC1. The zero-order chi connectivity index (χ0) is 17.8. The van der Waals surface area contributed by atoms with E-state index in [0.29, 0.717) is 17.1 Å². The molecule has 4 aliphatic rings. The Morgan fingerprint density at radius 2 is 1.96 bits per heavy atom. The smallest absolute Gasteiger partial charge is 0.156 e. The molecule has 0 aromatic heterocycles. The van der Waals surface area contributed by atoms with E-state index in [1.54, 1.807) is 6.92 Å². The van der Waals surface area contributed by atoms with Crippen LogP contribution in [0.25, 0.3) is 0 Å². The summed E-state index contributed by atoms with van der Waals surface area (Å²) in [4.78, 5) is 12.2. The largest absolute Gasteiger partial charge is 0.498 e. The van der Waals surface area contributed by atoms with Crippen molar-refractivity contribution in [2.45, 2.75) is 66.2 Å². The maximum absolute atomic E-state index is 12.2. The van der Waals surface area contributed by atoms with Crippen molar-refractivity contribution in [1.29, 1.82) is 0 Å². The number of carbonyl (C=O) groups is 1. The average molecular weight is 341 g/mol. The molecule has 2 heteroatoms. The van der Waals surface area contributed by atoms with Gasteiger partial charge in [0, 0.05) is 6.42 Å². The Morgan fingerprint density at radius 1 is 1.16 bits per heavy atom. The third-order valence-corrected chi connectivity index (χ3v) is 8.02. The number of carbonyl (C=O) groups excluding carboxylic acids is 1. The number of hydrogen-bond acceptors (Lipinski definition) is 2. The summed E-state index contributed by atoms with van der Waals surface area (Å²) in [6.45, 7) is 9.45. The van der Waals surface area contributed by atoms with Crippen LogP contribution in [-0.2, 0) is 9.53 Å². The predicted octanol–water partition coefficient (Wildman–Crippen LogP) is 5.60. The van der Waals surface area contributed by atoms with Crippen molar-refractivity contribution in [1.82, 2.24) is 0 Å².